The second-order valence-corrected chi connectivity index (χ2v) is 7.42. The summed E-state index contributed by atoms with van der Waals surface area (Å²) in [6, 6.07) is 6.40. The van der Waals surface area contributed by atoms with Crippen molar-refractivity contribution in [2.24, 2.45) is 5.92 Å². The van der Waals surface area contributed by atoms with Gasteiger partial charge in [0.15, 0.2) is 0 Å². The van der Waals surface area contributed by atoms with E-state index in [0.29, 0.717) is 12.5 Å². The zero-order chi connectivity index (χ0) is 19.8. The molecule has 1 amide bonds. The standard InChI is InChI=1S/C22H29FN4O/c1-2-3-4-5-11-24-21(28)18-9-7-12-27(16-18)22-25-14-19(15-26-22)17-8-6-10-20(23)13-17/h6,8,10,13-15,18H,2-5,7,9,11-12,16H2,1H3,(H,24,28)/t18-/m1/s1. The van der Waals surface area contributed by atoms with E-state index >= 15 is 0 Å². The molecule has 0 radical (unpaired) electrons. The van der Waals surface area contributed by atoms with Crippen molar-refractivity contribution in [1.29, 1.82) is 0 Å². The number of piperidine rings is 1. The zero-order valence-electron chi connectivity index (χ0n) is 16.5. The third-order valence-corrected chi connectivity index (χ3v) is 5.20. The average Bonchev–Trinajstić information content (AvgIpc) is 2.74. The SMILES string of the molecule is CCCCCCNC(=O)[C@@H]1CCCN(c2ncc(-c3cccc(F)c3)cn2)C1. The van der Waals surface area contributed by atoms with Gasteiger partial charge < -0.3 is 10.2 Å². The van der Waals surface area contributed by atoms with Crippen LogP contribution in [0.25, 0.3) is 11.1 Å². The molecule has 150 valence electrons. The summed E-state index contributed by atoms with van der Waals surface area (Å²) < 4.78 is 13.4. The number of unbranched alkanes of at least 4 members (excludes halogenated alkanes) is 3. The molecule has 1 aromatic carbocycles. The van der Waals surface area contributed by atoms with Crippen LogP contribution in [0.1, 0.15) is 45.4 Å². The Balaban J connectivity index is 1.55. The van der Waals surface area contributed by atoms with Gasteiger partial charge in [0.25, 0.3) is 0 Å². The summed E-state index contributed by atoms with van der Waals surface area (Å²) in [5, 5.41) is 3.08. The van der Waals surface area contributed by atoms with Gasteiger partial charge in [-0.25, -0.2) is 14.4 Å². The van der Waals surface area contributed by atoms with Crippen LogP contribution in [0.4, 0.5) is 10.3 Å². The number of aromatic nitrogens is 2. The summed E-state index contributed by atoms with van der Waals surface area (Å²) in [6.07, 6.45) is 9.91. The van der Waals surface area contributed by atoms with Gasteiger partial charge in [-0.05, 0) is 37.0 Å². The second kappa shape index (κ2) is 10.2. The summed E-state index contributed by atoms with van der Waals surface area (Å²) in [5.74, 6) is 0.464. The van der Waals surface area contributed by atoms with Crippen molar-refractivity contribution in [2.45, 2.75) is 45.4 Å². The van der Waals surface area contributed by atoms with Crippen LogP contribution in [0.2, 0.25) is 0 Å². The van der Waals surface area contributed by atoms with Gasteiger partial charge in [0, 0.05) is 37.6 Å². The van der Waals surface area contributed by atoms with E-state index in [0.717, 1.165) is 43.5 Å². The number of hydrogen-bond donors (Lipinski definition) is 1. The number of anilines is 1. The molecule has 0 saturated carbocycles. The van der Waals surface area contributed by atoms with E-state index in [2.05, 4.69) is 27.1 Å². The highest BCUT2D eigenvalue weighted by molar-refractivity contribution is 5.79. The van der Waals surface area contributed by atoms with Crippen molar-refractivity contribution in [1.82, 2.24) is 15.3 Å². The second-order valence-electron chi connectivity index (χ2n) is 7.42. The van der Waals surface area contributed by atoms with Gasteiger partial charge in [-0.15, -0.1) is 0 Å². The predicted octanol–water partition coefficient (Wildman–Crippen LogP) is 4.20. The van der Waals surface area contributed by atoms with Gasteiger partial charge in [0.05, 0.1) is 5.92 Å². The Kier molecular flexibility index (Phi) is 7.34. The maximum Gasteiger partial charge on any atom is 0.225 e. The highest BCUT2D eigenvalue weighted by Crippen LogP contribution is 2.23. The van der Waals surface area contributed by atoms with E-state index in [1.165, 1.54) is 31.4 Å². The molecule has 2 aromatic rings. The lowest BCUT2D eigenvalue weighted by atomic mass is 9.97. The van der Waals surface area contributed by atoms with Crippen LogP contribution in [0, 0.1) is 11.7 Å². The quantitative estimate of drug-likeness (QED) is 0.693. The van der Waals surface area contributed by atoms with E-state index in [9.17, 15) is 9.18 Å². The number of rotatable bonds is 8. The molecule has 5 nitrogen and oxygen atoms in total. The molecule has 0 unspecified atom stereocenters. The number of nitrogens with zero attached hydrogens (tertiary/aromatic N) is 3. The molecule has 1 aliphatic rings. The minimum absolute atomic E-state index is 0.0218. The van der Waals surface area contributed by atoms with Crippen LogP contribution >= 0.6 is 0 Å². The van der Waals surface area contributed by atoms with E-state index < -0.39 is 0 Å². The predicted molar refractivity (Wildman–Crippen MR) is 110 cm³/mol. The van der Waals surface area contributed by atoms with Crippen LogP contribution in [0.15, 0.2) is 36.7 Å². The van der Waals surface area contributed by atoms with E-state index in [1.54, 1.807) is 18.5 Å². The number of hydrogen-bond acceptors (Lipinski definition) is 4. The van der Waals surface area contributed by atoms with Crippen LogP contribution in [-0.2, 0) is 4.79 Å². The topological polar surface area (TPSA) is 58.1 Å². The minimum atomic E-state index is -0.277. The van der Waals surface area contributed by atoms with Crippen molar-refractivity contribution in [2.75, 3.05) is 24.5 Å². The molecule has 28 heavy (non-hydrogen) atoms. The molecule has 6 heteroatoms. The molecule has 1 atom stereocenters. The molecule has 0 aliphatic carbocycles. The number of amides is 1. The Morgan fingerprint density at radius 2 is 2.04 bits per heavy atom. The Morgan fingerprint density at radius 1 is 1.21 bits per heavy atom. The Labute approximate surface area is 166 Å². The first-order chi connectivity index (χ1) is 13.7. The third-order valence-electron chi connectivity index (χ3n) is 5.20. The molecule has 0 bridgehead atoms. The minimum Gasteiger partial charge on any atom is -0.356 e. The largest absolute Gasteiger partial charge is 0.356 e. The monoisotopic (exact) mass is 384 g/mol. The normalized spacial score (nSPS) is 16.8. The maximum atomic E-state index is 13.4. The van der Waals surface area contributed by atoms with Gasteiger partial charge in [-0.3, -0.25) is 4.79 Å². The number of benzene rings is 1. The van der Waals surface area contributed by atoms with Crippen LogP contribution in [-0.4, -0.2) is 35.5 Å². The van der Waals surface area contributed by atoms with E-state index in [-0.39, 0.29) is 17.6 Å². The fourth-order valence-corrected chi connectivity index (χ4v) is 3.58. The first kappa shape index (κ1) is 20.2. The van der Waals surface area contributed by atoms with E-state index in [4.69, 9.17) is 0 Å². The molecular weight excluding hydrogens is 355 g/mol. The van der Waals surface area contributed by atoms with Crippen molar-refractivity contribution >= 4 is 11.9 Å². The van der Waals surface area contributed by atoms with Crippen LogP contribution in [0.5, 0.6) is 0 Å². The summed E-state index contributed by atoms with van der Waals surface area (Å²) >= 11 is 0. The Hall–Kier alpha value is -2.50. The molecule has 1 N–H and O–H groups in total. The summed E-state index contributed by atoms with van der Waals surface area (Å²) in [4.78, 5) is 23.5. The molecule has 0 spiro atoms. The van der Waals surface area contributed by atoms with Gasteiger partial charge in [-0.1, -0.05) is 38.3 Å². The molecule has 1 aromatic heterocycles. The van der Waals surface area contributed by atoms with Gasteiger partial charge in [-0.2, -0.15) is 0 Å². The van der Waals surface area contributed by atoms with Gasteiger partial charge in [0.1, 0.15) is 5.82 Å². The molecular formula is C22H29FN4O. The van der Waals surface area contributed by atoms with Crippen molar-refractivity contribution in [3.05, 3.63) is 42.5 Å². The lowest BCUT2D eigenvalue weighted by Crippen LogP contribution is -2.43. The zero-order valence-corrected chi connectivity index (χ0v) is 16.5. The highest BCUT2D eigenvalue weighted by Gasteiger charge is 2.26. The van der Waals surface area contributed by atoms with Crippen molar-refractivity contribution in [3.63, 3.8) is 0 Å². The molecule has 2 heterocycles. The smallest absolute Gasteiger partial charge is 0.225 e. The molecule has 1 aliphatic heterocycles. The fraction of sp³-hybridized carbons (Fsp3) is 0.500. The van der Waals surface area contributed by atoms with Crippen molar-refractivity contribution < 1.29 is 9.18 Å². The third kappa shape index (κ3) is 5.50. The lowest BCUT2D eigenvalue weighted by molar-refractivity contribution is -0.125. The average molecular weight is 384 g/mol. The number of carbonyl (C=O) groups excluding carboxylic acids is 1. The summed E-state index contributed by atoms with van der Waals surface area (Å²) in [5.41, 5.74) is 1.53. The summed E-state index contributed by atoms with van der Waals surface area (Å²) in [6.45, 7) is 4.43. The fourth-order valence-electron chi connectivity index (χ4n) is 3.58. The number of nitrogens with one attached hydrogen (secondary N) is 1. The van der Waals surface area contributed by atoms with Crippen LogP contribution < -0.4 is 10.2 Å². The van der Waals surface area contributed by atoms with Crippen LogP contribution in [0.3, 0.4) is 0 Å². The maximum absolute atomic E-state index is 13.4. The van der Waals surface area contributed by atoms with Crippen molar-refractivity contribution in [3.8, 4) is 11.1 Å². The van der Waals surface area contributed by atoms with Gasteiger partial charge in [0.2, 0.25) is 11.9 Å². The molecule has 1 saturated heterocycles. The Bertz CT molecular complexity index is 765. The summed E-state index contributed by atoms with van der Waals surface area (Å²) in [7, 11) is 0. The highest BCUT2D eigenvalue weighted by atomic mass is 19.1. The molecule has 1 fully saturated rings. The Morgan fingerprint density at radius 3 is 2.79 bits per heavy atom. The number of halogens is 1. The molecule has 3 rings (SSSR count). The first-order valence-electron chi connectivity index (χ1n) is 10.3. The van der Waals surface area contributed by atoms with E-state index in [1.807, 2.05) is 6.07 Å². The number of carbonyl (C=O) groups is 1. The first-order valence-corrected chi connectivity index (χ1v) is 10.3. The van der Waals surface area contributed by atoms with Gasteiger partial charge >= 0.3 is 0 Å². The lowest BCUT2D eigenvalue weighted by Gasteiger charge is -2.32.